The van der Waals surface area contributed by atoms with E-state index in [1.807, 2.05) is 4.90 Å². The first-order chi connectivity index (χ1) is 14.0. The molecule has 0 aromatic heterocycles. The predicted molar refractivity (Wildman–Crippen MR) is 113 cm³/mol. The van der Waals surface area contributed by atoms with E-state index in [0.29, 0.717) is 30.2 Å². The smallest absolute Gasteiger partial charge is 0.269 e. The average molecular weight is 420 g/mol. The topological polar surface area (TPSA) is 83.8 Å². The minimum Gasteiger partial charge on any atom is -0.343 e. The Labute approximate surface area is 176 Å². The summed E-state index contributed by atoms with van der Waals surface area (Å²) in [6.45, 7) is 4.05. The summed E-state index contributed by atoms with van der Waals surface area (Å²) in [5.74, 6) is 0.148. The number of amides is 1. The van der Waals surface area contributed by atoms with Crippen molar-refractivity contribution < 1.29 is 14.5 Å². The van der Waals surface area contributed by atoms with Gasteiger partial charge in [0.1, 0.15) is 0 Å². The Bertz CT molecular complexity index is 711. The van der Waals surface area contributed by atoms with E-state index >= 15 is 0 Å². The first-order valence-corrected chi connectivity index (χ1v) is 11.3. The van der Waals surface area contributed by atoms with Crippen molar-refractivity contribution in [2.45, 2.75) is 62.3 Å². The SMILES string of the molecule is O=C(CCCC(=O)N1CCC(N2CCCCC2)CC1)Sc1ccc([N+](=O)[O-])cc1. The number of benzene rings is 1. The van der Waals surface area contributed by atoms with Gasteiger partial charge < -0.3 is 9.80 Å². The lowest BCUT2D eigenvalue weighted by Gasteiger charge is -2.40. The van der Waals surface area contributed by atoms with Crippen LogP contribution in [-0.2, 0) is 9.59 Å². The van der Waals surface area contributed by atoms with Gasteiger partial charge in [-0.15, -0.1) is 0 Å². The second-order valence-corrected chi connectivity index (χ2v) is 8.92. The highest BCUT2D eigenvalue weighted by Crippen LogP contribution is 2.24. The molecule has 0 N–H and O–H groups in total. The molecule has 2 aliphatic heterocycles. The molecule has 0 radical (unpaired) electrons. The van der Waals surface area contributed by atoms with Crippen molar-refractivity contribution in [1.82, 2.24) is 9.80 Å². The van der Waals surface area contributed by atoms with Gasteiger partial charge in [0.05, 0.1) is 4.92 Å². The van der Waals surface area contributed by atoms with E-state index in [2.05, 4.69) is 4.90 Å². The van der Waals surface area contributed by atoms with Crippen LogP contribution in [0.5, 0.6) is 0 Å². The molecule has 0 unspecified atom stereocenters. The molecule has 0 aliphatic carbocycles. The molecular formula is C21H29N3O4S. The number of thioether (sulfide) groups is 1. The zero-order valence-electron chi connectivity index (χ0n) is 16.8. The highest BCUT2D eigenvalue weighted by molar-refractivity contribution is 8.13. The number of hydrogen-bond acceptors (Lipinski definition) is 6. The van der Waals surface area contributed by atoms with Gasteiger partial charge in [0.2, 0.25) is 5.91 Å². The van der Waals surface area contributed by atoms with Crippen LogP contribution < -0.4 is 0 Å². The Morgan fingerprint density at radius 2 is 1.66 bits per heavy atom. The Balaban J connectivity index is 1.33. The van der Waals surface area contributed by atoms with Gasteiger partial charge in [0.15, 0.2) is 5.12 Å². The average Bonchev–Trinajstić information content (AvgIpc) is 2.75. The number of carbonyl (C=O) groups is 2. The van der Waals surface area contributed by atoms with E-state index in [4.69, 9.17) is 0 Å². The molecule has 1 aromatic carbocycles. The molecule has 2 saturated heterocycles. The third kappa shape index (κ3) is 6.54. The molecule has 1 amide bonds. The van der Waals surface area contributed by atoms with E-state index < -0.39 is 4.92 Å². The fourth-order valence-electron chi connectivity index (χ4n) is 4.12. The number of non-ortho nitro benzene ring substituents is 1. The zero-order valence-corrected chi connectivity index (χ0v) is 17.6. The van der Waals surface area contributed by atoms with E-state index in [1.54, 1.807) is 12.1 Å². The summed E-state index contributed by atoms with van der Waals surface area (Å²) in [6.07, 6.45) is 7.33. The number of rotatable bonds is 7. The van der Waals surface area contributed by atoms with Gasteiger partial charge in [-0.2, -0.15) is 0 Å². The summed E-state index contributed by atoms with van der Waals surface area (Å²) >= 11 is 1.08. The minimum absolute atomic E-state index is 0.0106. The normalized spacial score (nSPS) is 18.6. The van der Waals surface area contributed by atoms with Crippen LogP contribution in [0, 0.1) is 10.1 Å². The maximum absolute atomic E-state index is 12.5. The molecular weight excluding hydrogens is 390 g/mol. The van der Waals surface area contributed by atoms with Crippen LogP contribution >= 0.6 is 11.8 Å². The fraction of sp³-hybridized carbons (Fsp3) is 0.619. The number of nitro benzene ring substituents is 1. The van der Waals surface area contributed by atoms with Crippen molar-refractivity contribution in [2.75, 3.05) is 26.2 Å². The summed E-state index contributed by atoms with van der Waals surface area (Å²) in [5.41, 5.74) is 0.0106. The van der Waals surface area contributed by atoms with Crippen molar-refractivity contribution in [3.8, 4) is 0 Å². The summed E-state index contributed by atoms with van der Waals surface area (Å²) in [7, 11) is 0. The lowest BCUT2D eigenvalue weighted by Crippen LogP contribution is -2.48. The minimum atomic E-state index is -0.461. The molecule has 2 aliphatic rings. The monoisotopic (exact) mass is 419 g/mol. The van der Waals surface area contributed by atoms with Gasteiger partial charge in [-0.1, -0.05) is 18.2 Å². The molecule has 7 nitrogen and oxygen atoms in total. The standard InChI is InChI=1S/C21H29N3O4S/c25-20(23-15-11-17(12-16-23)22-13-2-1-3-14-22)5-4-6-21(26)29-19-9-7-18(8-10-19)24(27)28/h7-10,17H,1-6,11-16H2. The Kier molecular flexibility index (Phi) is 8.06. The summed E-state index contributed by atoms with van der Waals surface area (Å²) in [5, 5.41) is 10.6. The quantitative estimate of drug-likeness (QED) is 0.379. The van der Waals surface area contributed by atoms with Crippen LogP contribution in [0.15, 0.2) is 29.2 Å². The predicted octanol–water partition coefficient (Wildman–Crippen LogP) is 3.86. The van der Waals surface area contributed by atoms with Crippen LogP contribution in [-0.4, -0.2) is 58.0 Å². The molecule has 0 atom stereocenters. The molecule has 0 saturated carbocycles. The third-order valence-corrected chi connectivity index (χ3v) is 6.71. The maximum atomic E-state index is 12.5. The number of likely N-dealkylation sites (tertiary alicyclic amines) is 2. The first kappa shape index (κ1) is 21.8. The van der Waals surface area contributed by atoms with Gasteiger partial charge in [-0.25, -0.2) is 0 Å². The van der Waals surface area contributed by atoms with E-state index in [0.717, 1.165) is 37.7 Å². The molecule has 29 heavy (non-hydrogen) atoms. The number of piperidine rings is 2. The van der Waals surface area contributed by atoms with E-state index in [1.165, 1.54) is 44.5 Å². The Morgan fingerprint density at radius 3 is 2.28 bits per heavy atom. The maximum Gasteiger partial charge on any atom is 0.269 e. The Morgan fingerprint density at radius 1 is 1.00 bits per heavy atom. The van der Waals surface area contributed by atoms with Gasteiger partial charge in [0, 0.05) is 49.0 Å². The highest BCUT2D eigenvalue weighted by Gasteiger charge is 2.27. The second-order valence-electron chi connectivity index (χ2n) is 7.79. The van der Waals surface area contributed by atoms with Crippen LogP contribution in [0.25, 0.3) is 0 Å². The fourth-order valence-corrected chi connectivity index (χ4v) is 4.91. The van der Waals surface area contributed by atoms with Crippen molar-refractivity contribution >= 4 is 28.5 Å². The van der Waals surface area contributed by atoms with Gasteiger partial charge in [-0.05, 0) is 57.3 Å². The van der Waals surface area contributed by atoms with Crippen molar-refractivity contribution in [1.29, 1.82) is 0 Å². The van der Waals surface area contributed by atoms with Crippen LogP contribution in [0.3, 0.4) is 0 Å². The van der Waals surface area contributed by atoms with E-state index in [-0.39, 0.29) is 16.7 Å². The Hall–Kier alpha value is -1.93. The summed E-state index contributed by atoms with van der Waals surface area (Å²) in [4.78, 5) is 40.0. The largest absolute Gasteiger partial charge is 0.343 e. The van der Waals surface area contributed by atoms with Crippen molar-refractivity contribution in [2.24, 2.45) is 0 Å². The van der Waals surface area contributed by atoms with Crippen LogP contribution in [0.1, 0.15) is 51.4 Å². The lowest BCUT2D eigenvalue weighted by molar-refractivity contribution is -0.384. The number of nitrogens with zero attached hydrogens (tertiary/aromatic N) is 3. The molecule has 0 spiro atoms. The van der Waals surface area contributed by atoms with Gasteiger partial charge >= 0.3 is 0 Å². The molecule has 3 rings (SSSR count). The molecule has 2 fully saturated rings. The highest BCUT2D eigenvalue weighted by atomic mass is 32.2. The van der Waals surface area contributed by atoms with Crippen molar-refractivity contribution in [3.05, 3.63) is 34.4 Å². The van der Waals surface area contributed by atoms with Crippen LogP contribution in [0.2, 0.25) is 0 Å². The third-order valence-electron chi connectivity index (χ3n) is 5.78. The summed E-state index contributed by atoms with van der Waals surface area (Å²) in [6, 6.07) is 6.58. The number of hydrogen-bond donors (Lipinski definition) is 0. The zero-order chi connectivity index (χ0) is 20.6. The van der Waals surface area contributed by atoms with Crippen LogP contribution in [0.4, 0.5) is 5.69 Å². The number of carbonyl (C=O) groups excluding carboxylic acids is 2. The lowest BCUT2D eigenvalue weighted by atomic mass is 9.99. The van der Waals surface area contributed by atoms with Gasteiger partial charge in [-0.3, -0.25) is 19.7 Å². The molecule has 8 heteroatoms. The molecule has 2 heterocycles. The van der Waals surface area contributed by atoms with Crippen molar-refractivity contribution in [3.63, 3.8) is 0 Å². The van der Waals surface area contributed by atoms with Gasteiger partial charge in [0.25, 0.3) is 5.69 Å². The van der Waals surface area contributed by atoms with E-state index in [9.17, 15) is 19.7 Å². The molecule has 158 valence electrons. The second kappa shape index (κ2) is 10.7. The number of nitro groups is 1. The first-order valence-electron chi connectivity index (χ1n) is 10.5. The summed E-state index contributed by atoms with van der Waals surface area (Å²) < 4.78 is 0. The molecule has 1 aromatic rings. The molecule has 0 bridgehead atoms.